The molecule has 3 rings (SSSR count). The van der Waals surface area contributed by atoms with E-state index in [4.69, 9.17) is 0 Å². The molecule has 0 radical (unpaired) electrons. The molecule has 2 aromatic carbocycles. The lowest BCUT2D eigenvalue weighted by Gasteiger charge is -2.09. The van der Waals surface area contributed by atoms with E-state index in [9.17, 15) is 0 Å². The van der Waals surface area contributed by atoms with Crippen molar-refractivity contribution in [2.24, 2.45) is 7.05 Å². The average Bonchev–Trinajstić information content (AvgIpc) is 2.81. The number of halogens is 2. The molecule has 5 heteroatoms. The second-order valence-corrected chi connectivity index (χ2v) is 6.45. The lowest BCUT2D eigenvalue weighted by Crippen LogP contribution is -1.95. The van der Waals surface area contributed by atoms with Crippen molar-refractivity contribution < 1.29 is 0 Å². The Morgan fingerprint density at radius 1 is 1.00 bits per heavy atom. The Kier molecular flexibility index (Phi) is 4.12. The molecule has 0 saturated heterocycles. The molecule has 0 spiro atoms. The number of hydrogen-bond acceptors (Lipinski definition) is 2. The third-order valence-corrected chi connectivity index (χ3v) is 4.27. The summed E-state index contributed by atoms with van der Waals surface area (Å²) < 4.78 is 3.93. The highest BCUT2D eigenvalue weighted by Gasteiger charge is 2.09. The molecular formula is C16H13Br2N3. The zero-order valence-corrected chi connectivity index (χ0v) is 14.5. The molecule has 1 aromatic heterocycles. The Labute approximate surface area is 140 Å². The van der Waals surface area contributed by atoms with E-state index in [0.29, 0.717) is 0 Å². The molecule has 0 amide bonds. The molecule has 0 saturated carbocycles. The standard InChI is InChI=1S/C16H13Br2N3/c1-21-16(15(18)10-19-21)11-3-2-4-14(9-11)20-13-7-5-12(17)6-8-13/h2-10,20H,1H3. The molecule has 21 heavy (non-hydrogen) atoms. The SMILES string of the molecule is Cn1ncc(Br)c1-c1cccc(Nc2ccc(Br)cc2)c1. The van der Waals surface area contributed by atoms with E-state index in [1.54, 1.807) is 0 Å². The molecule has 1 N–H and O–H groups in total. The highest BCUT2D eigenvalue weighted by molar-refractivity contribution is 9.10. The molecule has 1 heterocycles. The van der Waals surface area contributed by atoms with Crippen LogP contribution in [-0.2, 0) is 7.05 Å². The van der Waals surface area contributed by atoms with Crippen LogP contribution in [0.3, 0.4) is 0 Å². The van der Waals surface area contributed by atoms with Crippen molar-refractivity contribution in [3.63, 3.8) is 0 Å². The summed E-state index contributed by atoms with van der Waals surface area (Å²) in [6, 6.07) is 16.4. The van der Waals surface area contributed by atoms with Crippen LogP contribution in [0.1, 0.15) is 0 Å². The van der Waals surface area contributed by atoms with Crippen molar-refractivity contribution >= 4 is 43.2 Å². The van der Waals surface area contributed by atoms with E-state index in [0.717, 1.165) is 31.6 Å². The minimum Gasteiger partial charge on any atom is -0.356 e. The largest absolute Gasteiger partial charge is 0.356 e. The predicted octanol–water partition coefficient (Wildman–Crippen LogP) is 5.36. The Hall–Kier alpha value is -1.59. The van der Waals surface area contributed by atoms with Gasteiger partial charge in [-0.3, -0.25) is 4.68 Å². The first-order valence-corrected chi connectivity index (χ1v) is 8.02. The van der Waals surface area contributed by atoms with E-state index < -0.39 is 0 Å². The molecule has 3 aromatic rings. The second-order valence-electron chi connectivity index (χ2n) is 4.68. The Balaban J connectivity index is 1.92. The zero-order valence-electron chi connectivity index (χ0n) is 11.3. The number of hydrogen-bond donors (Lipinski definition) is 1. The maximum absolute atomic E-state index is 4.26. The van der Waals surface area contributed by atoms with Crippen LogP contribution in [0.4, 0.5) is 11.4 Å². The molecule has 0 atom stereocenters. The highest BCUT2D eigenvalue weighted by Crippen LogP contribution is 2.30. The summed E-state index contributed by atoms with van der Waals surface area (Å²) in [5, 5.41) is 7.67. The number of nitrogens with one attached hydrogen (secondary N) is 1. The van der Waals surface area contributed by atoms with Crippen LogP contribution in [0, 0.1) is 0 Å². The fourth-order valence-corrected chi connectivity index (χ4v) is 3.02. The summed E-state index contributed by atoms with van der Waals surface area (Å²) in [5.41, 5.74) is 4.28. The van der Waals surface area contributed by atoms with Gasteiger partial charge in [0.1, 0.15) is 0 Å². The summed E-state index contributed by atoms with van der Waals surface area (Å²) in [5.74, 6) is 0. The lowest BCUT2D eigenvalue weighted by atomic mass is 10.1. The average molecular weight is 407 g/mol. The summed E-state index contributed by atoms with van der Waals surface area (Å²) in [6.45, 7) is 0. The highest BCUT2D eigenvalue weighted by atomic mass is 79.9. The van der Waals surface area contributed by atoms with Crippen LogP contribution in [0.2, 0.25) is 0 Å². The van der Waals surface area contributed by atoms with E-state index in [1.165, 1.54) is 0 Å². The molecule has 0 aliphatic heterocycles. The fourth-order valence-electron chi connectivity index (χ4n) is 2.18. The monoisotopic (exact) mass is 405 g/mol. The third kappa shape index (κ3) is 3.19. The quantitative estimate of drug-likeness (QED) is 0.634. The van der Waals surface area contributed by atoms with Crippen LogP contribution in [-0.4, -0.2) is 9.78 Å². The first-order chi connectivity index (χ1) is 10.1. The van der Waals surface area contributed by atoms with Crippen molar-refractivity contribution in [1.82, 2.24) is 9.78 Å². The van der Waals surface area contributed by atoms with Crippen molar-refractivity contribution in [2.45, 2.75) is 0 Å². The van der Waals surface area contributed by atoms with Crippen LogP contribution >= 0.6 is 31.9 Å². The summed E-state index contributed by atoms with van der Waals surface area (Å²) >= 11 is 6.99. The van der Waals surface area contributed by atoms with Gasteiger partial charge in [-0.25, -0.2) is 0 Å². The molecule has 0 fully saturated rings. The number of aryl methyl sites for hydroxylation is 1. The second kappa shape index (κ2) is 6.03. The summed E-state index contributed by atoms with van der Waals surface area (Å²) in [6.07, 6.45) is 1.81. The van der Waals surface area contributed by atoms with Gasteiger partial charge < -0.3 is 5.32 Å². The molecule has 0 aliphatic carbocycles. The van der Waals surface area contributed by atoms with Gasteiger partial charge in [-0.1, -0.05) is 28.1 Å². The first kappa shape index (κ1) is 14.4. The smallest absolute Gasteiger partial charge is 0.0821 e. The van der Waals surface area contributed by atoms with E-state index >= 15 is 0 Å². The lowest BCUT2D eigenvalue weighted by molar-refractivity contribution is 0.776. The van der Waals surface area contributed by atoms with Gasteiger partial charge in [0.15, 0.2) is 0 Å². The Morgan fingerprint density at radius 2 is 1.76 bits per heavy atom. The van der Waals surface area contributed by atoms with Gasteiger partial charge in [-0.2, -0.15) is 5.10 Å². The minimum atomic E-state index is 0.991. The number of benzene rings is 2. The summed E-state index contributed by atoms with van der Waals surface area (Å²) in [4.78, 5) is 0. The van der Waals surface area contributed by atoms with Gasteiger partial charge >= 0.3 is 0 Å². The third-order valence-electron chi connectivity index (χ3n) is 3.16. The van der Waals surface area contributed by atoms with Crippen molar-refractivity contribution in [1.29, 1.82) is 0 Å². The molecule has 0 bridgehead atoms. The first-order valence-electron chi connectivity index (χ1n) is 6.44. The maximum Gasteiger partial charge on any atom is 0.0821 e. The van der Waals surface area contributed by atoms with Crippen LogP contribution in [0.15, 0.2) is 63.7 Å². The Morgan fingerprint density at radius 3 is 2.43 bits per heavy atom. The van der Waals surface area contributed by atoms with Crippen molar-refractivity contribution in [3.8, 4) is 11.3 Å². The number of rotatable bonds is 3. The molecular weight excluding hydrogens is 394 g/mol. The van der Waals surface area contributed by atoms with Crippen LogP contribution < -0.4 is 5.32 Å². The van der Waals surface area contributed by atoms with Gasteiger partial charge in [0.2, 0.25) is 0 Å². The van der Waals surface area contributed by atoms with Crippen LogP contribution in [0.25, 0.3) is 11.3 Å². The Bertz CT molecular complexity index is 744. The maximum atomic E-state index is 4.26. The number of nitrogens with zero attached hydrogens (tertiary/aromatic N) is 2. The van der Waals surface area contributed by atoms with E-state index in [1.807, 2.05) is 48.3 Å². The van der Waals surface area contributed by atoms with Crippen LogP contribution in [0.5, 0.6) is 0 Å². The fraction of sp³-hybridized carbons (Fsp3) is 0.0625. The van der Waals surface area contributed by atoms with Gasteiger partial charge in [0.05, 0.1) is 16.4 Å². The summed E-state index contributed by atoms with van der Waals surface area (Å²) in [7, 11) is 1.94. The molecule has 0 aliphatic rings. The van der Waals surface area contributed by atoms with E-state index in [2.05, 4.69) is 60.5 Å². The van der Waals surface area contributed by atoms with Gasteiger partial charge in [-0.15, -0.1) is 0 Å². The predicted molar refractivity (Wildman–Crippen MR) is 93.8 cm³/mol. The normalized spacial score (nSPS) is 10.6. The van der Waals surface area contributed by atoms with Crippen molar-refractivity contribution in [2.75, 3.05) is 5.32 Å². The molecule has 106 valence electrons. The van der Waals surface area contributed by atoms with Gasteiger partial charge in [0.25, 0.3) is 0 Å². The zero-order chi connectivity index (χ0) is 14.8. The molecule has 0 unspecified atom stereocenters. The molecule has 3 nitrogen and oxygen atoms in total. The van der Waals surface area contributed by atoms with Crippen molar-refractivity contribution in [3.05, 3.63) is 63.7 Å². The van der Waals surface area contributed by atoms with E-state index in [-0.39, 0.29) is 0 Å². The number of anilines is 2. The van der Waals surface area contributed by atoms with Gasteiger partial charge in [-0.05, 0) is 52.3 Å². The minimum absolute atomic E-state index is 0.991. The topological polar surface area (TPSA) is 29.9 Å². The number of aromatic nitrogens is 2. The van der Waals surface area contributed by atoms with Gasteiger partial charge in [0, 0.05) is 28.5 Å².